The number of carbonyl (C=O) groups is 2. The fourth-order valence-electron chi connectivity index (χ4n) is 6.12. The molecule has 5 rings (SSSR count). The monoisotopic (exact) mass is 567 g/mol. The Balaban J connectivity index is 1.07. The molecule has 42 heavy (non-hydrogen) atoms. The Morgan fingerprint density at radius 1 is 0.714 bits per heavy atom. The summed E-state index contributed by atoms with van der Waals surface area (Å²) < 4.78 is 6.10. The van der Waals surface area contributed by atoms with E-state index >= 15 is 0 Å². The van der Waals surface area contributed by atoms with Crippen molar-refractivity contribution in [2.75, 3.05) is 36.4 Å². The number of carbonyl (C=O) groups excluding carboxylic acids is 2. The van der Waals surface area contributed by atoms with Crippen LogP contribution in [0, 0.1) is 0 Å². The van der Waals surface area contributed by atoms with E-state index in [1.54, 1.807) is 0 Å². The van der Waals surface area contributed by atoms with Crippen LogP contribution in [0.1, 0.15) is 88.2 Å². The molecule has 3 aromatic carbocycles. The van der Waals surface area contributed by atoms with Crippen LogP contribution in [0.2, 0.25) is 0 Å². The summed E-state index contributed by atoms with van der Waals surface area (Å²) >= 11 is 0. The van der Waals surface area contributed by atoms with E-state index in [-0.39, 0.29) is 17.7 Å². The smallest absolute Gasteiger partial charge is 0.234 e. The van der Waals surface area contributed by atoms with E-state index in [0.717, 1.165) is 59.9 Å². The van der Waals surface area contributed by atoms with E-state index in [0.29, 0.717) is 19.5 Å². The highest BCUT2D eigenvalue weighted by Gasteiger charge is 2.36. The summed E-state index contributed by atoms with van der Waals surface area (Å²) in [7, 11) is 0. The summed E-state index contributed by atoms with van der Waals surface area (Å²) in [6.07, 6.45) is 11.8. The van der Waals surface area contributed by atoms with E-state index in [2.05, 4.69) is 29.3 Å². The van der Waals surface area contributed by atoms with Gasteiger partial charge in [0.15, 0.2) is 0 Å². The molecule has 2 aliphatic rings. The average Bonchev–Trinajstić information content (AvgIpc) is 3.03. The van der Waals surface area contributed by atoms with Gasteiger partial charge in [0.25, 0.3) is 0 Å². The predicted molar refractivity (Wildman–Crippen MR) is 171 cm³/mol. The molecule has 0 bridgehead atoms. The topological polar surface area (TPSA) is 61.9 Å². The number of anilines is 2. The first kappa shape index (κ1) is 29.7. The Kier molecular flexibility index (Phi) is 10.5. The number of benzene rings is 3. The van der Waals surface area contributed by atoms with Gasteiger partial charge >= 0.3 is 0 Å². The molecule has 1 N–H and O–H groups in total. The summed E-state index contributed by atoms with van der Waals surface area (Å²) in [6, 6.07) is 23.8. The van der Waals surface area contributed by atoms with Crippen LogP contribution < -0.4 is 15.0 Å². The molecule has 1 fully saturated rings. The van der Waals surface area contributed by atoms with Crippen molar-refractivity contribution in [2.45, 2.75) is 77.0 Å². The molecule has 2 amide bonds. The van der Waals surface area contributed by atoms with Crippen molar-refractivity contribution in [2.24, 2.45) is 0 Å². The minimum Gasteiger partial charge on any atom is -0.457 e. The lowest BCUT2D eigenvalue weighted by Crippen LogP contribution is -2.50. The Bertz CT molecular complexity index is 1270. The number of nitrogens with one attached hydrogen (secondary N) is 1. The molecule has 6 nitrogen and oxygen atoms in total. The van der Waals surface area contributed by atoms with Gasteiger partial charge in [0.2, 0.25) is 11.8 Å². The van der Waals surface area contributed by atoms with Gasteiger partial charge in [-0.2, -0.15) is 0 Å². The lowest BCUT2D eigenvalue weighted by Gasteiger charge is -2.38. The molecule has 0 spiro atoms. The lowest BCUT2D eigenvalue weighted by atomic mass is 9.86. The van der Waals surface area contributed by atoms with E-state index in [4.69, 9.17) is 4.74 Å². The van der Waals surface area contributed by atoms with Crippen LogP contribution in [0.25, 0.3) is 0 Å². The van der Waals surface area contributed by atoms with Crippen molar-refractivity contribution in [3.05, 3.63) is 83.9 Å². The largest absolute Gasteiger partial charge is 0.457 e. The van der Waals surface area contributed by atoms with Crippen molar-refractivity contribution < 1.29 is 14.3 Å². The van der Waals surface area contributed by atoms with Crippen LogP contribution in [0.15, 0.2) is 72.8 Å². The van der Waals surface area contributed by atoms with Crippen molar-refractivity contribution in [3.8, 4) is 11.5 Å². The van der Waals surface area contributed by atoms with Gasteiger partial charge in [0.1, 0.15) is 11.5 Å². The molecule has 0 radical (unpaired) electrons. The van der Waals surface area contributed by atoms with E-state index in [1.165, 1.54) is 44.9 Å². The highest BCUT2D eigenvalue weighted by atomic mass is 16.5. The van der Waals surface area contributed by atoms with Gasteiger partial charge in [0.05, 0.1) is 5.92 Å². The standard InChI is InChI=1S/C36H45N3O3/c1-2-3-4-5-6-7-8-9-10-19-34(40)37-28-20-22-29(23-21-28)38-24-26-39(27-25-38)36(41)35-30-15-11-13-17-32(30)42-33-18-14-12-16-31(33)35/h11-18,20-23,35H,2-10,19,24-27H2,1H3,(H,37,40). The Morgan fingerprint density at radius 2 is 1.26 bits per heavy atom. The summed E-state index contributed by atoms with van der Waals surface area (Å²) in [5.74, 6) is 1.38. The maximum absolute atomic E-state index is 13.9. The number of amides is 2. The maximum atomic E-state index is 13.9. The van der Waals surface area contributed by atoms with Gasteiger partial charge in [-0.25, -0.2) is 0 Å². The average molecular weight is 568 g/mol. The third-order valence-corrected chi connectivity index (χ3v) is 8.54. The zero-order chi connectivity index (χ0) is 29.1. The molecule has 0 aliphatic carbocycles. The van der Waals surface area contributed by atoms with E-state index in [9.17, 15) is 9.59 Å². The third kappa shape index (κ3) is 7.53. The van der Waals surface area contributed by atoms with Crippen molar-refractivity contribution in [1.82, 2.24) is 4.90 Å². The van der Waals surface area contributed by atoms with Crippen molar-refractivity contribution in [3.63, 3.8) is 0 Å². The Labute approximate surface area is 251 Å². The number of hydrogen-bond acceptors (Lipinski definition) is 4. The van der Waals surface area contributed by atoms with Crippen LogP contribution >= 0.6 is 0 Å². The second kappa shape index (κ2) is 14.9. The number of fused-ring (bicyclic) bond motifs is 2. The number of piperazine rings is 1. The predicted octanol–water partition coefficient (Wildman–Crippen LogP) is 8.13. The molecule has 222 valence electrons. The van der Waals surface area contributed by atoms with Gasteiger partial charge in [-0.1, -0.05) is 94.7 Å². The first-order valence-corrected chi connectivity index (χ1v) is 15.9. The summed E-state index contributed by atoms with van der Waals surface area (Å²) in [5.41, 5.74) is 3.81. The summed E-state index contributed by atoms with van der Waals surface area (Å²) in [4.78, 5) is 30.6. The third-order valence-electron chi connectivity index (χ3n) is 8.54. The molecule has 0 aromatic heterocycles. The molecule has 2 heterocycles. The van der Waals surface area contributed by atoms with Crippen LogP contribution in [-0.4, -0.2) is 42.9 Å². The molecule has 0 unspecified atom stereocenters. The Morgan fingerprint density at radius 3 is 1.86 bits per heavy atom. The van der Waals surface area contributed by atoms with Gasteiger partial charge in [0, 0.05) is 55.1 Å². The zero-order valence-corrected chi connectivity index (χ0v) is 25.0. The normalized spacial score (nSPS) is 14.6. The van der Waals surface area contributed by atoms with Gasteiger partial charge in [-0.15, -0.1) is 0 Å². The van der Waals surface area contributed by atoms with E-state index < -0.39 is 0 Å². The summed E-state index contributed by atoms with van der Waals surface area (Å²) in [5, 5.41) is 3.05. The van der Waals surface area contributed by atoms with Gasteiger partial charge < -0.3 is 19.9 Å². The number of ether oxygens (including phenoxy) is 1. The number of rotatable bonds is 13. The van der Waals surface area contributed by atoms with Crippen molar-refractivity contribution in [1.29, 1.82) is 0 Å². The first-order chi connectivity index (χ1) is 20.6. The fourth-order valence-corrected chi connectivity index (χ4v) is 6.12. The SMILES string of the molecule is CCCCCCCCCCCC(=O)Nc1ccc(N2CCN(C(=O)C3c4ccccc4Oc4ccccc43)CC2)cc1. The van der Waals surface area contributed by atoms with E-state index in [1.807, 2.05) is 65.6 Å². The maximum Gasteiger partial charge on any atom is 0.234 e. The van der Waals surface area contributed by atoms with Crippen LogP contribution in [0.3, 0.4) is 0 Å². The molecule has 3 aromatic rings. The molecule has 0 saturated carbocycles. The Hall–Kier alpha value is -3.80. The molecule has 6 heteroatoms. The van der Waals surface area contributed by atoms with Gasteiger partial charge in [-0.05, 0) is 42.8 Å². The van der Waals surface area contributed by atoms with Gasteiger partial charge in [-0.3, -0.25) is 9.59 Å². The highest BCUT2D eigenvalue weighted by Crippen LogP contribution is 2.44. The summed E-state index contributed by atoms with van der Waals surface area (Å²) in [6.45, 7) is 5.11. The first-order valence-electron chi connectivity index (χ1n) is 15.9. The molecule has 0 atom stereocenters. The second-order valence-electron chi connectivity index (χ2n) is 11.6. The molecule has 2 aliphatic heterocycles. The number of hydrogen-bond donors (Lipinski definition) is 1. The lowest BCUT2D eigenvalue weighted by molar-refractivity contribution is -0.132. The minimum absolute atomic E-state index is 0.0917. The van der Waals surface area contributed by atoms with Crippen LogP contribution in [0.5, 0.6) is 11.5 Å². The fraction of sp³-hybridized carbons (Fsp3) is 0.444. The highest BCUT2D eigenvalue weighted by molar-refractivity contribution is 5.91. The molecule has 1 saturated heterocycles. The quantitative estimate of drug-likeness (QED) is 0.212. The number of para-hydroxylation sites is 2. The number of unbranched alkanes of at least 4 members (excludes halogenated alkanes) is 8. The van der Waals surface area contributed by atoms with Crippen LogP contribution in [0.4, 0.5) is 11.4 Å². The minimum atomic E-state index is -0.351. The number of nitrogens with zero attached hydrogens (tertiary/aromatic N) is 2. The van der Waals surface area contributed by atoms with Crippen molar-refractivity contribution >= 4 is 23.2 Å². The molecular formula is C36H45N3O3. The van der Waals surface area contributed by atoms with Crippen LogP contribution in [-0.2, 0) is 9.59 Å². The molecular weight excluding hydrogens is 522 g/mol. The zero-order valence-electron chi connectivity index (χ0n) is 25.0. The second-order valence-corrected chi connectivity index (χ2v) is 11.6.